The van der Waals surface area contributed by atoms with Gasteiger partial charge < -0.3 is 57.2 Å². The van der Waals surface area contributed by atoms with Crippen LogP contribution in [-0.2, 0) is 0 Å². The summed E-state index contributed by atoms with van der Waals surface area (Å²) in [5, 5.41) is 55.3. The molecule has 38 heavy (non-hydrogen) atoms. The molecule has 2 rings (SSSR count). The zero-order chi connectivity index (χ0) is 29.3. The molecule has 0 aliphatic heterocycles. The maximum Gasteiger partial charge on any atom is 0.336 e. The van der Waals surface area contributed by atoms with E-state index in [4.69, 9.17) is 30.4 Å². The van der Waals surface area contributed by atoms with Crippen LogP contribution in [0, 0.1) is 9.93 Å². The van der Waals surface area contributed by atoms with Gasteiger partial charge >= 0.3 is 23.9 Å². The molecule has 0 saturated carbocycles. The fourth-order valence-electron chi connectivity index (χ4n) is 2.25. The van der Waals surface area contributed by atoms with Crippen LogP contribution in [0.5, 0.6) is 0 Å². The highest BCUT2D eigenvalue weighted by molar-refractivity contribution is 6.04. The molecule has 12 N–H and O–H groups in total. The Labute approximate surface area is 212 Å². The summed E-state index contributed by atoms with van der Waals surface area (Å²) in [6, 6.07) is 5.28. The number of carboxylic acid groups (broad SMARTS) is 6. The summed E-state index contributed by atoms with van der Waals surface area (Å²) in [7, 11) is 0. The van der Waals surface area contributed by atoms with E-state index in [0.29, 0.717) is 0 Å². The van der Waals surface area contributed by atoms with E-state index in [1.807, 2.05) is 0 Å². The Balaban J connectivity index is -0.000000509. The molecule has 0 heterocycles. The lowest BCUT2D eigenvalue weighted by Crippen LogP contribution is -2.56. The second kappa shape index (κ2) is 19.0. The van der Waals surface area contributed by atoms with Gasteiger partial charge in [-0.1, -0.05) is 12.1 Å². The van der Waals surface area contributed by atoms with E-state index < -0.39 is 58.1 Å². The summed E-state index contributed by atoms with van der Waals surface area (Å²) >= 11 is 0. The average molecular weight is 544 g/mol. The average Bonchev–Trinajstić information content (AvgIpc) is 2.85. The summed E-state index contributed by atoms with van der Waals surface area (Å²) in [6.07, 6.45) is 1.17. The van der Waals surface area contributed by atoms with Crippen LogP contribution in [0.4, 0.5) is 0 Å². The van der Waals surface area contributed by atoms with Crippen LogP contribution in [0.3, 0.4) is 0 Å². The highest BCUT2D eigenvalue weighted by Crippen LogP contribution is 2.13. The number of hydrogen-bond acceptors (Lipinski definition) is 10. The first-order chi connectivity index (χ1) is 17.3. The van der Waals surface area contributed by atoms with Gasteiger partial charge in [0.1, 0.15) is 0 Å². The van der Waals surface area contributed by atoms with E-state index >= 15 is 0 Å². The fourth-order valence-corrected chi connectivity index (χ4v) is 2.25. The summed E-state index contributed by atoms with van der Waals surface area (Å²) in [6.45, 7) is 2.06. The molecule has 208 valence electrons. The summed E-state index contributed by atoms with van der Waals surface area (Å²) in [5.41, 5.74) is 4.43. The Kier molecular flexibility index (Phi) is 18.6. The first-order valence-corrected chi connectivity index (χ1v) is 9.67. The van der Waals surface area contributed by atoms with Gasteiger partial charge in [0.2, 0.25) is 0 Å². The molecule has 0 spiro atoms. The molecule has 2 aromatic rings. The van der Waals surface area contributed by atoms with Crippen LogP contribution >= 0.6 is 0 Å². The molecule has 0 unspecified atom stereocenters. The highest BCUT2D eigenvalue weighted by Gasteiger charge is 2.17. The normalized spacial score (nSPS) is 8.79. The third-order valence-electron chi connectivity index (χ3n) is 3.93. The van der Waals surface area contributed by atoms with Crippen LogP contribution in [0.25, 0.3) is 0 Å². The van der Waals surface area contributed by atoms with Crippen molar-refractivity contribution in [2.45, 2.75) is 6.42 Å². The predicted molar refractivity (Wildman–Crippen MR) is 120 cm³/mol. The molecule has 0 aromatic heterocycles. The number of benzene rings is 2. The van der Waals surface area contributed by atoms with Crippen LogP contribution in [0.2, 0.25) is 0 Å². The summed E-state index contributed by atoms with van der Waals surface area (Å²) in [5.74, 6) is -9.00. The quantitative estimate of drug-likeness (QED) is 0.184. The van der Waals surface area contributed by atoms with Gasteiger partial charge in [-0.05, 0) is 35.4 Å². The van der Waals surface area contributed by atoms with Gasteiger partial charge in [-0.25, -0.2) is 19.2 Å². The summed E-state index contributed by atoms with van der Waals surface area (Å²) < 4.78 is 0. The standard InChI is InChI=1S/2C9H6O6.C3H10N2.O2.H2O/c2*10-7(11)4-1-2-5(8(12)13)6(3-4)9(14)15;4-2-1-3-5;1-2;/h2*1-3H,(H,10,11)(H,12,13)(H,14,15);1-5H2;;1H2. The Hall–Kier alpha value is -5.26. The largest absolute Gasteiger partial charge is 0.545 e. The molecule has 0 fully saturated rings. The minimum atomic E-state index is -1.56. The zero-order valence-electron chi connectivity index (χ0n) is 19.4. The van der Waals surface area contributed by atoms with Crippen molar-refractivity contribution in [1.29, 1.82) is 0 Å². The predicted octanol–water partition coefficient (Wildman–Crippen LogP) is -4.00. The van der Waals surface area contributed by atoms with Crippen LogP contribution in [-0.4, -0.2) is 74.8 Å². The number of quaternary nitrogens is 2. The zero-order valence-corrected chi connectivity index (χ0v) is 19.4. The minimum Gasteiger partial charge on any atom is -0.545 e. The first-order valence-electron chi connectivity index (χ1n) is 9.67. The van der Waals surface area contributed by atoms with Crippen LogP contribution in [0.1, 0.15) is 68.6 Å². The first kappa shape index (κ1) is 37.3. The van der Waals surface area contributed by atoms with Crippen molar-refractivity contribution in [3.63, 3.8) is 0 Å². The lowest BCUT2D eigenvalue weighted by Gasteiger charge is -2.05. The second-order valence-electron chi connectivity index (χ2n) is 6.38. The van der Waals surface area contributed by atoms with Crippen molar-refractivity contribution < 1.29 is 76.3 Å². The monoisotopic (exact) mass is 544 g/mol. The maximum absolute atomic E-state index is 10.6. The topological polar surface area (TPSA) is 350 Å². The molecular formula is C21H24N2O15. The Bertz CT molecular complexity index is 1060. The van der Waals surface area contributed by atoms with Gasteiger partial charge in [-0.15, -0.1) is 0 Å². The number of rotatable bonds is 8. The maximum atomic E-state index is 10.6. The second-order valence-corrected chi connectivity index (χ2v) is 6.38. The number of hydrogen-bond donors (Lipinski definition) is 6. The van der Waals surface area contributed by atoms with Crippen LogP contribution in [0.15, 0.2) is 36.4 Å². The van der Waals surface area contributed by atoms with E-state index in [0.717, 1.165) is 49.5 Å². The number of carbonyl (C=O) groups excluding carboxylic acids is 2. The van der Waals surface area contributed by atoms with E-state index in [9.17, 15) is 39.0 Å². The molecule has 0 aliphatic rings. The SMILES string of the molecule is O.O=C([O-])c1ccc(C(=O)O)c(C(=O)O)c1.O=C([O-])c1ccc(C(=O)O)c(C(=O)O)c1.O=O.[NH3+]CCC[NH3+]. The molecule has 0 bridgehead atoms. The van der Waals surface area contributed by atoms with Gasteiger partial charge in [-0.2, -0.15) is 0 Å². The highest BCUT2D eigenvalue weighted by atomic mass is 16.7. The lowest BCUT2D eigenvalue weighted by molar-refractivity contribution is -0.404. The molecular weight excluding hydrogens is 520 g/mol. The third-order valence-corrected chi connectivity index (χ3v) is 3.93. The van der Waals surface area contributed by atoms with Crippen molar-refractivity contribution in [3.8, 4) is 0 Å². The number of carbonyl (C=O) groups is 6. The van der Waals surface area contributed by atoms with Gasteiger partial charge in [0.15, 0.2) is 0 Å². The smallest absolute Gasteiger partial charge is 0.336 e. The lowest BCUT2D eigenvalue weighted by atomic mass is 10.0. The van der Waals surface area contributed by atoms with Gasteiger partial charge in [0, 0.05) is 16.4 Å². The molecule has 0 aliphatic carbocycles. The van der Waals surface area contributed by atoms with E-state index in [2.05, 4.69) is 11.5 Å². The van der Waals surface area contributed by atoms with Gasteiger partial charge in [-0.3, -0.25) is 0 Å². The Morgan fingerprint density at radius 3 is 1.00 bits per heavy atom. The molecule has 0 radical (unpaired) electrons. The molecule has 0 saturated heterocycles. The molecule has 17 nitrogen and oxygen atoms in total. The van der Waals surface area contributed by atoms with E-state index in [-0.39, 0.29) is 16.6 Å². The van der Waals surface area contributed by atoms with Crippen molar-refractivity contribution in [1.82, 2.24) is 0 Å². The molecule has 0 atom stereocenters. The Morgan fingerprint density at radius 2 is 0.842 bits per heavy atom. The minimum absolute atomic E-state index is 0. The third kappa shape index (κ3) is 12.4. The molecule has 2 aromatic carbocycles. The van der Waals surface area contributed by atoms with Crippen molar-refractivity contribution in [2.24, 2.45) is 0 Å². The van der Waals surface area contributed by atoms with Crippen molar-refractivity contribution >= 4 is 35.8 Å². The van der Waals surface area contributed by atoms with E-state index in [1.165, 1.54) is 6.42 Å². The van der Waals surface area contributed by atoms with Gasteiger partial charge in [0.25, 0.3) is 0 Å². The molecule has 17 heteroatoms. The van der Waals surface area contributed by atoms with Gasteiger partial charge in [0.05, 0.1) is 47.3 Å². The Morgan fingerprint density at radius 1 is 0.579 bits per heavy atom. The van der Waals surface area contributed by atoms with Crippen molar-refractivity contribution in [2.75, 3.05) is 13.1 Å². The number of carboxylic acids is 6. The van der Waals surface area contributed by atoms with Crippen molar-refractivity contribution in [3.05, 3.63) is 79.7 Å². The van der Waals surface area contributed by atoms with Crippen LogP contribution < -0.4 is 21.7 Å². The fraction of sp³-hybridized carbons (Fsp3) is 0.143. The molecule has 0 amide bonds. The number of aromatic carboxylic acids is 6. The summed E-state index contributed by atoms with van der Waals surface area (Å²) in [4.78, 5) is 77.2. The van der Waals surface area contributed by atoms with E-state index in [1.54, 1.807) is 0 Å².